The minimum atomic E-state index is -1.06. The lowest BCUT2D eigenvalue weighted by atomic mass is 10.0. The number of hydrogen-bond acceptors (Lipinski definition) is 5. The van der Waals surface area contributed by atoms with Crippen LogP contribution in [0.5, 0.6) is 0 Å². The maximum absolute atomic E-state index is 12.4. The van der Waals surface area contributed by atoms with Gasteiger partial charge in [-0.05, 0) is 45.2 Å². The number of benzene rings is 1. The fourth-order valence-corrected chi connectivity index (χ4v) is 3.95. The molecule has 10 heteroatoms. The fraction of sp³-hybridized carbons (Fsp3) is 0.417. The van der Waals surface area contributed by atoms with E-state index in [1.165, 1.54) is 4.90 Å². The van der Waals surface area contributed by atoms with Crippen LogP contribution in [-0.4, -0.2) is 49.1 Å². The number of hydrogen-bond donors (Lipinski definition) is 2. The minimum absolute atomic E-state index is 0.0709. The van der Waals surface area contributed by atoms with Gasteiger partial charge >= 0.3 is 12.2 Å². The maximum Gasteiger partial charge on any atom is 0.408 e. The predicted octanol–water partition coefficient (Wildman–Crippen LogP) is 5.15. The first-order valence-corrected chi connectivity index (χ1v) is 11.4. The molecule has 0 saturated carbocycles. The van der Waals surface area contributed by atoms with Gasteiger partial charge in [-0.2, -0.15) is 5.10 Å². The Morgan fingerprint density at radius 3 is 2.62 bits per heavy atom. The van der Waals surface area contributed by atoms with Crippen molar-refractivity contribution < 1.29 is 19.4 Å². The molecular weight excluding hydrogens is 458 g/mol. The Hall–Kier alpha value is -3.33. The molecule has 2 heterocycles. The second-order valence-corrected chi connectivity index (χ2v) is 9.44. The summed E-state index contributed by atoms with van der Waals surface area (Å²) in [5.41, 5.74) is 1.58. The highest BCUT2D eigenvalue weighted by atomic mass is 35.5. The molecular formula is C24H30ClN5O4. The van der Waals surface area contributed by atoms with Crippen LogP contribution in [0.2, 0.25) is 5.15 Å². The Bertz CT molecular complexity index is 1140. The van der Waals surface area contributed by atoms with E-state index in [1.54, 1.807) is 44.8 Å². The number of pyridine rings is 1. The van der Waals surface area contributed by atoms with Crippen molar-refractivity contribution in [3.8, 4) is 0 Å². The third kappa shape index (κ3) is 6.84. The van der Waals surface area contributed by atoms with E-state index in [1.807, 2.05) is 30.3 Å². The number of nitrogens with zero attached hydrogens (tertiary/aromatic N) is 4. The zero-order chi connectivity index (χ0) is 24.9. The number of carbonyl (C=O) groups excluding carboxylic acids is 1. The normalized spacial score (nSPS) is 12.4. The lowest BCUT2D eigenvalue weighted by Gasteiger charge is -2.25. The monoisotopic (exact) mass is 487 g/mol. The highest BCUT2D eigenvalue weighted by Crippen LogP contribution is 2.23. The Kier molecular flexibility index (Phi) is 7.98. The zero-order valence-electron chi connectivity index (χ0n) is 19.8. The smallest absolute Gasteiger partial charge is 0.408 e. The van der Waals surface area contributed by atoms with E-state index in [0.29, 0.717) is 18.5 Å². The number of rotatable bonds is 8. The zero-order valence-corrected chi connectivity index (χ0v) is 20.5. The first-order chi connectivity index (χ1) is 16.0. The minimum Gasteiger partial charge on any atom is -0.465 e. The topological polar surface area (TPSA) is 110 Å². The van der Waals surface area contributed by atoms with Crippen molar-refractivity contribution in [2.24, 2.45) is 7.05 Å². The fourth-order valence-electron chi connectivity index (χ4n) is 3.73. The summed E-state index contributed by atoms with van der Waals surface area (Å²) in [6.07, 6.45) is 1.13. The van der Waals surface area contributed by atoms with Gasteiger partial charge in [0.2, 0.25) is 0 Å². The molecule has 1 unspecified atom stereocenters. The molecule has 0 aliphatic heterocycles. The Labute approximate surface area is 203 Å². The van der Waals surface area contributed by atoms with Gasteiger partial charge < -0.3 is 20.1 Å². The number of carbonyl (C=O) groups is 2. The van der Waals surface area contributed by atoms with Gasteiger partial charge in [0.15, 0.2) is 0 Å². The van der Waals surface area contributed by atoms with Crippen LogP contribution < -0.4 is 5.32 Å². The lowest BCUT2D eigenvalue weighted by molar-refractivity contribution is 0.0499. The number of nitrogens with one attached hydrogen (secondary N) is 1. The second-order valence-electron chi connectivity index (χ2n) is 9.05. The maximum atomic E-state index is 12.4. The Morgan fingerprint density at radius 1 is 1.26 bits per heavy atom. The summed E-state index contributed by atoms with van der Waals surface area (Å²) >= 11 is 6.14. The molecule has 0 aliphatic carbocycles. The van der Waals surface area contributed by atoms with E-state index in [9.17, 15) is 14.7 Å². The predicted molar refractivity (Wildman–Crippen MR) is 130 cm³/mol. The summed E-state index contributed by atoms with van der Waals surface area (Å²) in [7, 11) is 1.78. The van der Waals surface area contributed by atoms with Gasteiger partial charge in [-0.1, -0.05) is 41.9 Å². The van der Waals surface area contributed by atoms with Crippen LogP contribution in [0.25, 0.3) is 10.9 Å². The van der Waals surface area contributed by atoms with Crippen LogP contribution in [0.15, 0.2) is 42.6 Å². The summed E-state index contributed by atoms with van der Waals surface area (Å²) in [6, 6.07) is 10.9. The number of halogens is 1. The van der Waals surface area contributed by atoms with E-state index >= 15 is 0 Å². The number of alkyl carbamates (subject to hydrolysis) is 1. The third-order valence-corrected chi connectivity index (χ3v) is 5.38. The van der Waals surface area contributed by atoms with Crippen LogP contribution in [0.1, 0.15) is 50.9 Å². The van der Waals surface area contributed by atoms with Crippen molar-refractivity contribution in [2.45, 2.75) is 51.8 Å². The molecule has 2 aromatic heterocycles. The molecule has 0 radical (unpaired) electrons. The molecule has 0 fully saturated rings. The van der Waals surface area contributed by atoms with Crippen molar-refractivity contribution in [2.75, 3.05) is 6.54 Å². The van der Waals surface area contributed by atoms with Gasteiger partial charge in [0.25, 0.3) is 0 Å². The standard InChI is InChI=1S/C24H30ClN5O4/c1-24(2,3)34-22(31)28-18(16-9-6-5-7-10-16)11-8-12-30(23(32)33)15-19-21-17(13-20(25)27-19)14-26-29(21)4/h5-7,9-10,13-14,18H,8,11-12,15H2,1-4H3,(H,28,31)(H,32,33). The van der Waals surface area contributed by atoms with Crippen LogP contribution in [0, 0.1) is 0 Å². The van der Waals surface area contributed by atoms with E-state index in [2.05, 4.69) is 15.4 Å². The molecule has 2 amide bonds. The molecule has 1 atom stereocenters. The average Bonchev–Trinajstić information content (AvgIpc) is 3.11. The van der Waals surface area contributed by atoms with Gasteiger partial charge in [0.05, 0.1) is 30.0 Å². The summed E-state index contributed by atoms with van der Waals surface area (Å²) in [4.78, 5) is 30.0. The SMILES string of the molecule is Cn1ncc2cc(Cl)nc(CN(CCCC(NC(=O)OC(C)(C)C)c3ccccc3)C(=O)O)c21. The van der Waals surface area contributed by atoms with E-state index < -0.39 is 17.8 Å². The van der Waals surface area contributed by atoms with E-state index in [0.717, 1.165) is 16.5 Å². The highest BCUT2D eigenvalue weighted by Gasteiger charge is 2.22. The van der Waals surface area contributed by atoms with Gasteiger partial charge in [-0.25, -0.2) is 14.6 Å². The largest absolute Gasteiger partial charge is 0.465 e. The first kappa shape index (κ1) is 25.3. The summed E-state index contributed by atoms with van der Waals surface area (Å²) in [6.45, 7) is 5.73. The summed E-state index contributed by atoms with van der Waals surface area (Å²) in [5.74, 6) is 0. The molecule has 3 rings (SSSR count). The molecule has 3 aromatic rings. The van der Waals surface area contributed by atoms with Gasteiger partial charge in [0, 0.05) is 19.0 Å². The van der Waals surface area contributed by atoms with Crippen molar-refractivity contribution in [3.63, 3.8) is 0 Å². The van der Waals surface area contributed by atoms with E-state index in [-0.39, 0.29) is 24.3 Å². The van der Waals surface area contributed by atoms with Crippen molar-refractivity contribution in [1.82, 2.24) is 25.0 Å². The number of amides is 2. The van der Waals surface area contributed by atoms with Crippen LogP contribution in [-0.2, 0) is 18.3 Å². The van der Waals surface area contributed by atoms with Crippen molar-refractivity contribution in [3.05, 3.63) is 59.0 Å². The van der Waals surface area contributed by atoms with E-state index in [4.69, 9.17) is 16.3 Å². The highest BCUT2D eigenvalue weighted by molar-refractivity contribution is 6.30. The molecule has 182 valence electrons. The molecule has 0 spiro atoms. The third-order valence-electron chi connectivity index (χ3n) is 5.18. The quantitative estimate of drug-likeness (QED) is 0.425. The molecule has 1 aromatic carbocycles. The molecule has 2 N–H and O–H groups in total. The number of aromatic nitrogens is 3. The summed E-state index contributed by atoms with van der Waals surface area (Å²) in [5, 5.41) is 18.0. The Balaban J connectivity index is 1.70. The van der Waals surface area contributed by atoms with Crippen LogP contribution in [0.3, 0.4) is 0 Å². The van der Waals surface area contributed by atoms with Crippen molar-refractivity contribution in [1.29, 1.82) is 0 Å². The first-order valence-electron chi connectivity index (χ1n) is 11.0. The summed E-state index contributed by atoms with van der Waals surface area (Å²) < 4.78 is 7.06. The molecule has 9 nitrogen and oxygen atoms in total. The molecule has 0 aliphatic rings. The number of ether oxygens (including phenoxy) is 1. The van der Waals surface area contributed by atoms with Gasteiger partial charge in [-0.3, -0.25) is 4.68 Å². The van der Waals surface area contributed by atoms with Gasteiger partial charge in [-0.15, -0.1) is 0 Å². The lowest BCUT2D eigenvalue weighted by Crippen LogP contribution is -2.36. The van der Waals surface area contributed by atoms with Gasteiger partial charge in [0.1, 0.15) is 10.8 Å². The molecule has 34 heavy (non-hydrogen) atoms. The van der Waals surface area contributed by atoms with Crippen molar-refractivity contribution >= 4 is 34.7 Å². The molecule has 0 saturated heterocycles. The number of fused-ring (bicyclic) bond motifs is 1. The Morgan fingerprint density at radius 2 is 1.97 bits per heavy atom. The number of carboxylic acid groups (broad SMARTS) is 1. The molecule has 0 bridgehead atoms. The number of aryl methyl sites for hydroxylation is 1. The van der Waals surface area contributed by atoms with Crippen LogP contribution >= 0.6 is 11.6 Å². The average molecular weight is 488 g/mol. The van der Waals surface area contributed by atoms with Crippen LogP contribution in [0.4, 0.5) is 9.59 Å². The second kappa shape index (κ2) is 10.7.